The van der Waals surface area contributed by atoms with E-state index in [1.165, 1.54) is 12.5 Å². The molecular formula is C13H16FNO2. The number of hydrogen-bond donors (Lipinski definition) is 1. The Kier molecular flexibility index (Phi) is 2.99. The van der Waals surface area contributed by atoms with Crippen molar-refractivity contribution in [1.29, 1.82) is 0 Å². The van der Waals surface area contributed by atoms with Crippen molar-refractivity contribution in [3.8, 4) is 5.75 Å². The largest absolute Gasteiger partial charge is 0.467 e. The summed E-state index contributed by atoms with van der Waals surface area (Å²) in [5.41, 5.74) is 1.63. The molecule has 1 saturated heterocycles. The van der Waals surface area contributed by atoms with Crippen LogP contribution < -0.4 is 10.1 Å². The van der Waals surface area contributed by atoms with Crippen LogP contribution in [0.5, 0.6) is 5.75 Å². The molecule has 4 heteroatoms. The highest BCUT2D eigenvalue weighted by Crippen LogP contribution is 2.30. The van der Waals surface area contributed by atoms with Gasteiger partial charge in [0.05, 0.1) is 6.61 Å². The van der Waals surface area contributed by atoms with E-state index in [1.807, 2.05) is 0 Å². The molecule has 92 valence electrons. The van der Waals surface area contributed by atoms with E-state index in [0.717, 1.165) is 36.3 Å². The highest BCUT2D eigenvalue weighted by Gasteiger charge is 2.22. The first-order chi connectivity index (χ1) is 8.34. The number of nitrogens with one attached hydrogen (secondary N) is 1. The summed E-state index contributed by atoms with van der Waals surface area (Å²) in [6.07, 6.45) is 3.01. The predicted octanol–water partition coefficient (Wildman–Crippen LogP) is 1.99. The van der Waals surface area contributed by atoms with Crippen LogP contribution in [0, 0.1) is 5.82 Å². The lowest BCUT2D eigenvalue weighted by Gasteiger charge is -2.22. The number of ether oxygens (including phenoxy) is 2. The zero-order valence-corrected chi connectivity index (χ0v) is 9.67. The van der Waals surface area contributed by atoms with E-state index in [1.54, 1.807) is 6.07 Å². The molecule has 0 bridgehead atoms. The Labute approximate surface area is 99.9 Å². The van der Waals surface area contributed by atoms with E-state index < -0.39 is 0 Å². The molecule has 1 aromatic rings. The standard InChI is InChI=1S/C13H16FNO2/c14-12-3-4-13-11(7-16-8-17-13)10(12)6-9-2-1-5-15-9/h3-4,9,15H,1-2,5-8H2. The summed E-state index contributed by atoms with van der Waals surface area (Å²) in [5.74, 6) is 0.622. The van der Waals surface area contributed by atoms with Crippen LogP contribution in [0.4, 0.5) is 4.39 Å². The summed E-state index contributed by atoms with van der Waals surface area (Å²) in [7, 11) is 0. The number of fused-ring (bicyclic) bond motifs is 1. The van der Waals surface area contributed by atoms with Crippen LogP contribution in [0.25, 0.3) is 0 Å². The van der Waals surface area contributed by atoms with Crippen LogP contribution >= 0.6 is 0 Å². The molecule has 0 aliphatic carbocycles. The Bertz CT molecular complexity index is 416. The van der Waals surface area contributed by atoms with Gasteiger partial charge in [-0.1, -0.05) is 0 Å². The summed E-state index contributed by atoms with van der Waals surface area (Å²) in [5, 5.41) is 3.39. The molecule has 0 saturated carbocycles. The fourth-order valence-corrected chi connectivity index (χ4v) is 2.58. The molecule has 0 radical (unpaired) electrons. The molecule has 17 heavy (non-hydrogen) atoms. The lowest BCUT2D eigenvalue weighted by Crippen LogP contribution is -2.25. The van der Waals surface area contributed by atoms with Crippen molar-refractivity contribution >= 4 is 0 Å². The number of benzene rings is 1. The Morgan fingerprint density at radius 2 is 2.35 bits per heavy atom. The molecule has 0 aromatic heterocycles. The average Bonchev–Trinajstić information content (AvgIpc) is 2.86. The molecule has 2 aliphatic rings. The van der Waals surface area contributed by atoms with Crippen LogP contribution in [-0.2, 0) is 17.8 Å². The zero-order chi connectivity index (χ0) is 11.7. The lowest BCUT2D eigenvalue weighted by atomic mass is 9.98. The molecule has 1 fully saturated rings. The van der Waals surface area contributed by atoms with Crippen molar-refractivity contribution < 1.29 is 13.9 Å². The average molecular weight is 237 g/mol. The van der Waals surface area contributed by atoms with Crippen molar-refractivity contribution in [1.82, 2.24) is 5.32 Å². The fraction of sp³-hybridized carbons (Fsp3) is 0.538. The molecule has 3 rings (SSSR count). The third-order valence-electron chi connectivity index (χ3n) is 3.49. The van der Waals surface area contributed by atoms with Gasteiger partial charge < -0.3 is 14.8 Å². The second-order valence-corrected chi connectivity index (χ2v) is 4.61. The highest BCUT2D eigenvalue weighted by molar-refractivity contribution is 5.42. The van der Waals surface area contributed by atoms with E-state index in [0.29, 0.717) is 12.6 Å². The number of halogens is 1. The normalized spacial score (nSPS) is 23.2. The minimum Gasteiger partial charge on any atom is -0.467 e. The van der Waals surface area contributed by atoms with Gasteiger partial charge in [0.25, 0.3) is 0 Å². The maximum Gasteiger partial charge on any atom is 0.189 e. The summed E-state index contributed by atoms with van der Waals surface area (Å²) in [6, 6.07) is 3.57. The Morgan fingerprint density at radius 3 is 3.18 bits per heavy atom. The van der Waals surface area contributed by atoms with Crippen molar-refractivity contribution in [2.75, 3.05) is 13.3 Å². The van der Waals surface area contributed by atoms with Crippen LogP contribution in [-0.4, -0.2) is 19.4 Å². The molecular weight excluding hydrogens is 221 g/mol. The van der Waals surface area contributed by atoms with E-state index in [2.05, 4.69) is 5.32 Å². The summed E-state index contributed by atoms with van der Waals surface area (Å²) < 4.78 is 24.5. The van der Waals surface area contributed by atoms with Gasteiger partial charge in [-0.2, -0.15) is 0 Å². The van der Waals surface area contributed by atoms with Crippen molar-refractivity contribution in [3.63, 3.8) is 0 Å². The van der Waals surface area contributed by atoms with Crippen LogP contribution in [0.2, 0.25) is 0 Å². The molecule has 2 aliphatic heterocycles. The maximum absolute atomic E-state index is 13.9. The molecule has 1 unspecified atom stereocenters. The minimum absolute atomic E-state index is 0.147. The molecule has 3 nitrogen and oxygen atoms in total. The first kappa shape index (κ1) is 11.0. The topological polar surface area (TPSA) is 30.5 Å². The molecule has 0 spiro atoms. The van der Waals surface area contributed by atoms with Crippen molar-refractivity contribution in [2.45, 2.75) is 31.9 Å². The van der Waals surface area contributed by atoms with Gasteiger partial charge in [-0.15, -0.1) is 0 Å². The summed E-state index contributed by atoms with van der Waals surface area (Å²) in [4.78, 5) is 0. The SMILES string of the molecule is Fc1ccc2c(c1CC1CCCN1)COCO2. The molecule has 0 amide bonds. The first-order valence-corrected chi connectivity index (χ1v) is 6.09. The van der Waals surface area contributed by atoms with Gasteiger partial charge in [-0.05, 0) is 43.5 Å². The van der Waals surface area contributed by atoms with Crippen LogP contribution in [0.1, 0.15) is 24.0 Å². The fourth-order valence-electron chi connectivity index (χ4n) is 2.58. The second-order valence-electron chi connectivity index (χ2n) is 4.61. The van der Waals surface area contributed by atoms with Gasteiger partial charge in [0.15, 0.2) is 6.79 Å². The molecule has 1 atom stereocenters. The van der Waals surface area contributed by atoms with Gasteiger partial charge in [0, 0.05) is 11.6 Å². The molecule has 1 aromatic carbocycles. The van der Waals surface area contributed by atoms with E-state index in [4.69, 9.17) is 9.47 Å². The van der Waals surface area contributed by atoms with Gasteiger partial charge in [0.1, 0.15) is 11.6 Å². The third kappa shape index (κ3) is 2.15. The number of rotatable bonds is 2. The number of hydrogen-bond acceptors (Lipinski definition) is 3. The Hall–Kier alpha value is -1.13. The third-order valence-corrected chi connectivity index (χ3v) is 3.49. The van der Waals surface area contributed by atoms with Gasteiger partial charge >= 0.3 is 0 Å². The molecule has 1 N–H and O–H groups in total. The maximum atomic E-state index is 13.9. The van der Waals surface area contributed by atoms with Crippen molar-refractivity contribution in [3.05, 3.63) is 29.1 Å². The Balaban J connectivity index is 1.90. The second kappa shape index (κ2) is 4.63. The smallest absolute Gasteiger partial charge is 0.189 e. The van der Waals surface area contributed by atoms with E-state index >= 15 is 0 Å². The highest BCUT2D eigenvalue weighted by atomic mass is 19.1. The quantitative estimate of drug-likeness (QED) is 0.853. The lowest BCUT2D eigenvalue weighted by molar-refractivity contribution is -0.0171. The zero-order valence-electron chi connectivity index (χ0n) is 9.67. The van der Waals surface area contributed by atoms with Crippen molar-refractivity contribution in [2.24, 2.45) is 0 Å². The summed E-state index contributed by atoms with van der Waals surface area (Å²) >= 11 is 0. The van der Waals surface area contributed by atoms with Crippen LogP contribution in [0.3, 0.4) is 0 Å². The summed E-state index contributed by atoms with van der Waals surface area (Å²) in [6.45, 7) is 1.75. The van der Waals surface area contributed by atoms with Gasteiger partial charge in [-0.25, -0.2) is 4.39 Å². The minimum atomic E-state index is -0.147. The van der Waals surface area contributed by atoms with Crippen LogP contribution in [0.15, 0.2) is 12.1 Å². The van der Waals surface area contributed by atoms with E-state index in [9.17, 15) is 4.39 Å². The predicted molar refractivity (Wildman–Crippen MR) is 61.4 cm³/mol. The molecule has 2 heterocycles. The monoisotopic (exact) mass is 237 g/mol. The van der Waals surface area contributed by atoms with Gasteiger partial charge in [0.2, 0.25) is 0 Å². The Morgan fingerprint density at radius 1 is 1.41 bits per heavy atom. The van der Waals surface area contributed by atoms with Gasteiger partial charge in [-0.3, -0.25) is 0 Å². The van der Waals surface area contributed by atoms with E-state index in [-0.39, 0.29) is 12.6 Å². The first-order valence-electron chi connectivity index (χ1n) is 6.09.